The summed E-state index contributed by atoms with van der Waals surface area (Å²) < 4.78 is 12.1. The van der Waals surface area contributed by atoms with Crippen LogP contribution < -0.4 is 5.32 Å². The molecule has 0 amide bonds. The van der Waals surface area contributed by atoms with Crippen LogP contribution in [0.15, 0.2) is 0 Å². The third kappa shape index (κ3) is 0.958. The van der Waals surface area contributed by atoms with Crippen LogP contribution in [-0.2, 0) is 0 Å². The number of halogens is 1. The molecular formula is C5H7FN2. The molecule has 1 rings (SSSR count). The summed E-state index contributed by atoms with van der Waals surface area (Å²) in [5.74, 6) is 0. The van der Waals surface area contributed by atoms with Crippen molar-refractivity contribution in [1.29, 1.82) is 5.26 Å². The molecule has 2 atom stereocenters. The third-order valence-electron chi connectivity index (χ3n) is 1.23. The summed E-state index contributed by atoms with van der Waals surface area (Å²) in [6, 6.07) is 1.70. The van der Waals surface area contributed by atoms with Crippen LogP contribution in [0, 0.1) is 11.3 Å². The van der Waals surface area contributed by atoms with E-state index in [0.29, 0.717) is 13.0 Å². The van der Waals surface area contributed by atoms with Gasteiger partial charge < -0.3 is 0 Å². The largest absolute Gasteiger partial charge is 0.299 e. The summed E-state index contributed by atoms with van der Waals surface area (Å²) in [6.07, 6.45) is -0.448. The van der Waals surface area contributed by atoms with Crippen molar-refractivity contribution in [3.05, 3.63) is 0 Å². The van der Waals surface area contributed by atoms with E-state index in [1.165, 1.54) is 0 Å². The molecule has 1 fully saturated rings. The van der Waals surface area contributed by atoms with Gasteiger partial charge in [-0.05, 0) is 0 Å². The zero-order valence-electron chi connectivity index (χ0n) is 4.39. The van der Waals surface area contributed by atoms with Gasteiger partial charge in [-0.2, -0.15) is 5.26 Å². The summed E-state index contributed by atoms with van der Waals surface area (Å²) in [5.41, 5.74) is 0. The Morgan fingerprint density at radius 1 is 1.75 bits per heavy atom. The molecule has 0 aromatic carbocycles. The van der Waals surface area contributed by atoms with Gasteiger partial charge in [0.2, 0.25) is 0 Å². The van der Waals surface area contributed by atoms with Crippen molar-refractivity contribution >= 4 is 0 Å². The highest BCUT2D eigenvalue weighted by Crippen LogP contribution is 2.07. The molecule has 0 aromatic rings. The number of nitriles is 1. The Bertz CT molecular complexity index is 118. The molecular weight excluding hydrogens is 107 g/mol. The Morgan fingerprint density at radius 3 is 2.75 bits per heavy atom. The molecule has 1 aliphatic heterocycles. The number of nitrogens with zero attached hydrogens (tertiary/aromatic N) is 1. The van der Waals surface area contributed by atoms with Crippen molar-refractivity contribution in [2.45, 2.75) is 18.6 Å². The van der Waals surface area contributed by atoms with Gasteiger partial charge in [-0.1, -0.05) is 0 Å². The molecule has 1 saturated heterocycles. The number of alkyl halides is 1. The summed E-state index contributed by atoms with van der Waals surface area (Å²) in [6.45, 7) is 0.345. The average Bonchev–Trinajstić information content (AvgIpc) is 2.14. The van der Waals surface area contributed by atoms with Crippen molar-refractivity contribution in [3.8, 4) is 6.07 Å². The molecule has 0 aliphatic carbocycles. The Kier molecular flexibility index (Phi) is 1.45. The van der Waals surface area contributed by atoms with Crippen molar-refractivity contribution in [2.24, 2.45) is 0 Å². The minimum atomic E-state index is -0.806. The second-order valence-corrected chi connectivity index (χ2v) is 1.92. The predicted molar refractivity (Wildman–Crippen MR) is 26.9 cm³/mol. The zero-order chi connectivity index (χ0) is 5.98. The highest BCUT2D eigenvalue weighted by Gasteiger charge is 2.22. The average molecular weight is 114 g/mol. The topological polar surface area (TPSA) is 35.8 Å². The van der Waals surface area contributed by atoms with E-state index < -0.39 is 6.17 Å². The smallest absolute Gasteiger partial charge is 0.115 e. The van der Waals surface area contributed by atoms with Crippen molar-refractivity contribution < 1.29 is 4.39 Å². The van der Waals surface area contributed by atoms with Crippen LogP contribution in [0.3, 0.4) is 0 Å². The minimum absolute atomic E-state index is 0.245. The lowest BCUT2D eigenvalue weighted by Gasteiger charge is -1.91. The Hall–Kier alpha value is -0.620. The molecule has 0 saturated carbocycles. The first kappa shape index (κ1) is 5.52. The maximum absolute atomic E-state index is 12.1. The van der Waals surface area contributed by atoms with E-state index in [1.54, 1.807) is 0 Å². The summed E-state index contributed by atoms with van der Waals surface area (Å²) >= 11 is 0. The Balaban J connectivity index is 2.35. The number of hydrogen-bond donors (Lipinski definition) is 1. The Morgan fingerprint density at radius 2 is 2.50 bits per heavy atom. The lowest BCUT2D eigenvalue weighted by Crippen LogP contribution is -2.18. The predicted octanol–water partition coefficient (Wildman–Crippen LogP) is 0.210. The lowest BCUT2D eigenvalue weighted by molar-refractivity contribution is 0.359. The molecule has 0 radical (unpaired) electrons. The zero-order valence-corrected chi connectivity index (χ0v) is 4.39. The van der Waals surface area contributed by atoms with Gasteiger partial charge in [-0.15, -0.1) is 0 Å². The number of rotatable bonds is 0. The molecule has 0 spiro atoms. The fraction of sp³-hybridized carbons (Fsp3) is 0.800. The molecule has 1 heterocycles. The van der Waals surface area contributed by atoms with Gasteiger partial charge in [-0.3, -0.25) is 5.32 Å². The minimum Gasteiger partial charge on any atom is -0.299 e. The Labute approximate surface area is 47.3 Å². The van der Waals surface area contributed by atoms with Crippen LogP contribution >= 0.6 is 0 Å². The van der Waals surface area contributed by atoms with Gasteiger partial charge in [0, 0.05) is 13.0 Å². The molecule has 8 heavy (non-hydrogen) atoms. The second kappa shape index (κ2) is 2.10. The van der Waals surface area contributed by atoms with Crippen LogP contribution in [0.5, 0.6) is 0 Å². The van der Waals surface area contributed by atoms with Crippen LogP contribution in [0.25, 0.3) is 0 Å². The first-order chi connectivity index (χ1) is 3.83. The molecule has 3 heteroatoms. The monoisotopic (exact) mass is 114 g/mol. The molecule has 0 aromatic heterocycles. The molecule has 0 bridgehead atoms. The lowest BCUT2D eigenvalue weighted by atomic mass is 10.2. The van der Waals surface area contributed by atoms with Crippen LogP contribution in [0.1, 0.15) is 6.42 Å². The first-order valence-corrected chi connectivity index (χ1v) is 2.60. The standard InChI is InChI=1S/C5H7FN2/c6-4-1-5(2-7)8-3-4/h4-5,8H,1,3H2/t4-,5+/m1/s1. The van der Waals surface area contributed by atoms with Gasteiger partial charge in [0.15, 0.2) is 0 Å². The van der Waals surface area contributed by atoms with E-state index >= 15 is 0 Å². The maximum Gasteiger partial charge on any atom is 0.115 e. The van der Waals surface area contributed by atoms with Gasteiger partial charge in [0.1, 0.15) is 6.17 Å². The second-order valence-electron chi connectivity index (χ2n) is 1.92. The highest BCUT2D eigenvalue weighted by molar-refractivity contribution is 4.96. The van der Waals surface area contributed by atoms with E-state index in [-0.39, 0.29) is 6.04 Å². The third-order valence-corrected chi connectivity index (χ3v) is 1.23. The number of hydrogen-bond acceptors (Lipinski definition) is 2. The molecule has 2 nitrogen and oxygen atoms in total. The van der Waals surface area contributed by atoms with E-state index in [4.69, 9.17) is 5.26 Å². The molecule has 0 unspecified atom stereocenters. The number of nitrogens with one attached hydrogen (secondary N) is 1. The van der Waals surface area contributed by atoms with Gasteiger partial charge >= 0.3 is 0 Å². The molecule has 1 N–H and O–H groups in total. The first-order valence-electron chi connectivity index (χ1n) is 2.60. The van der Waals surface area contributed by atoms with Crippen molar-refractivity contribution in [2.75, 3.05) is 6.54 Å². The van der Waals surface area contributed by atoms with E-state index in [9.17, 15) is 4.39 Å². The van der Waals surface area contributed by atoms with Gasteiger partial charge in [0.25, 0.3) is 0 Å². The quantitative estimate of drug-likeness (QED) is 0.488. The fourth-order valence-electron chi connectivity index (χ4n) is 0.791. The molecule has 1 aliphatic rings. The van der Waals surface area contributed by atoms with Crippen molar-refractivity contribution in [1.82, 2.24) is 5.32 Å². The van der Waals surface area contributed by atoms with E-state index in [1.807, 2.05) is 6.07 Å². The van der Waals surface area contributed by atoms with Crippen LogP contribution in [-0.4, -0.2) is 18.8 Å². The van der Waals surface area contributed by atoms with Crippen LogP contribution in [0.4, 0.5) is 4.39 Å². The summed E-state index contributed by atoms with van der Waals surface area (Å²) in [7, 11) is 0. The highest BCUT2D eigenvalue weighted by atomic mass is 19.1. The normalized spacial score (nSPS) is 37.0. The summed E-state index contributed by atoms with van der Waals surface area (Å²) in [5, 5.41) is 10.9. The summed E-state index contributed by atoms with van der Waals surface area (Å²) in [4.78, 5) is 0. The molecule has 44 valence electrons. The fourth-order valence-corrected chi connectivity index (χ4v) is 0.791. The van der Waals surface area contributed by atoms with Gasteiger partial charge in [-0.25, -0.2) is 4.39 Å². The van der Waals surface area contributed by atoms with E-state index in [0.717, 1.165) is 0 Å². The SMILES string of the molecule is N#C[C@@H]1C[C@@H](F)CN1. The van der Waals surface area contributed by atoms with Crippen molar-refractivity contribution in [3.63, 3.8) is 0 Å². The van der Waals surface area contributed by atoms with Crippen LogP contribution in [0.2, 0.25) is 0 Å². The maximum atomic E-state index is 12.1. The van der Waals surface area contributed by atoms with E-state index in [2.05, 4.69) is 5.32 Å². The van der Waals surface area contributed by atoms with Gasteiger partial charge in [0.05, 0.1) is 12.1 Å².